The van der Waals surface area contributed by atoms with Gasteiger partial charge in [-0.2, -0.15) is 5.26 Å². The third kappa shape index (κ3) is 2.09. The molecule has 0 atom stereocenters. The van der Waals surface area contributed by atoms with E-state index >= 15 is 0 Å². The first-order valence-electron chi connectivity index (χ1n) is 5.28. The molecular formula is C14H12N2. The molecule has 0 unspecified atom stereocenters. The zero-order valence-electron chi connectivity index (χ0n) is 9.14. The molecule has 16 heavy (non-hydrogen) atoms. The topological polar surface area (TPSA) is 36.7 Å². The summed E-state index contributed by atoms with van der Waals surface area (Å²) >= 11 is 0. The molecule has 2 aromatic rings. The average molecular weight is 208 g/mol. The predicted octanol–water partition coefficient (Wildman–Crippen LogP) is 3.18. The predicted molar refractivity (Wildman–Crippen MR) is 63.8 cm³/mol. The molecule has 0 radical (unpaired) electrons. The Labute approximate surface area is 95.2 Å². The van der Waals surface area contributed by atoms with Gasteiger partial charge in [0.25, 0.3) is 0 Å². The van der Waals surface area contributed by atoms with E-state index in [4.69, 9.17) is 5.26 Å². The fourth-order valence-corrected chi connectivity index (χ4v) is 1.63. The third-order valence-electron chi connectivity index (χ3n) is 2.54. The Kier molecular flexibility index (Phi) is 2.98. The van der Waals surface area contributed by atoms with Gasteiger partial charge in [0, 0.05) is 18.0 Å². The van der Waals surface area contributed by atoms with Crippen molar-refractivity contribution in [2.75, 3.05) is 0 Å². The van der Waals surface area contributed by atoms with Gasteiger partial charge in [-0.05, 0) is 23.6 Å². The van der Waals surface area contributed by atoms with Crippen molar-refractivity contribution in [2.45, 2.75) is 13.3 Å². The second kappa shape index (κ2) is 4.59. The van der Waals surface area contributed by atoms with Crippen LogP contribution in [0.3, 0.4) is 0 Å². The van der Waals surface area contributed by atoms with Gasteiger partial charge in [-0.15, -0.1) is 0 Å². The molecule has 2 rings (SSSR count). The standard InChI is InChI=1S/C14H12N2/c1-2-11-4-3-5-13(6-11)14-7-12(8-15)9-16-10-14/h3-7,9-10H,2H2,1H3. The largest absolute Gasteiger partial charge is 0.263 e. The number of pyridine rings is 1. The zero-order chi connectivity index (χ0) is 11.4. The normalized spacial score (nSPS) is 9.75. The highest BCUT2D eigenvalue weighted by Crippen LogP contribution is 2.20. The maximum atomic E-state index is 8.82. The van der Waals surface area contributed by atoms with E-state index < -0.39 is 0 Å². The number of hydrogen-bond acceptors (Lipinski definition) is 2. The van der Waals surface area contributed by atoms with Crippen molar-refractivity contribution < 1.29 is 0 Å². The quantitative estimate of drug-likeness (QED) is 0.760. The van der Waals surface area contributed by atoms with Crippen molar-refractivity contribution in [3.05, 3.63) is 53.9 Å². The third-order valence-corrected chi connectivity index (χ3v) is 2.54. The van der Waals surface area contributed by atoms with E-state index in [1.165, 1.54) is 5.56 Å². The van der Waals surface area contributed by atoms with E-state index in [1.807, 2.05) is 18.2 Å². The van der Waals surface area contributed by atoms with Gasteiger partial charge in [0.2, 0.25) is 0 Å². The van der Waals surface area contributed by atoms with Gasteiger partial charge in [0.15, 0.2) is 0 Å². The lowest BCUT2D eigenvalue weighted by Gasteiger charge is -2.03. The molecule has 1 aromatic heterocycles. The molecule has 1 aromatic carbocycles. The number of aryl methyl sites for hydroxylation is 1. The molecule has 0 aliphatic carbocycles. The van der Waals surface area contributed by atoms with Crippen LogP contribution in [0.4, 0.5) is 0 Å². The van der Waals surface area contributed by atoms with Crippen molar-refractivity contribution in [3.8, 4) is 17.2 Å². The van der Waals surface area contributed by atoms with E-state index in [-0.39, 0.29) is 0 Å². The second-order valence-corrected chi connectivity index (χ2v) is 3.63. The minimum Gasteiger partial charge on any atom is -0.263 e. The van der Waals surface area contributed by atoms with Crippen LogP contribution in [0, 0.1) is 11.3 Å². The second-order valence-electron chi connectivity index (χ2n) is 3.63. The lowest BCUT2D eigenvalue weighted by molar-refractivity contribution is 1.14. The lowest BCUT2D eigenvalue weighted by Crippen LogP contribution is -1.85. The van der Waals surface area contributed by atoms with Gasteiger partial charge in [-0.1, -0.05) is 31.2 Å². The number of nitrogens with zero attached hydrogens (tertiary/aromatic N) is 2. The summed E-state index contributed by atoms with van der Waals surface area (Å²) < 4.78 is 0. The summed E-state index contributed by atoms with van der Waals surface area (Å²) in [6, 6.07) is 12.3. The van der Waals surface area contributed by atoms with Gasteiger partial charge < -0.3 is 0 Å². The molecule has 78 valence electrons. The van der Waals surface area contributed by atoms with Gasteiger partial charge in [0.1, 0.15) is 6.07 Å². The molecule has 1 heterocycles. The van der Waals surface area contributed by atoms with E-state index in [0.717, 1.165) is 17.5 Å². The van der Waals surface area contributed by atoms with Crippen LogP contribution in [0.15, 0.2) is 42.7 Å². The van der Waals surface area contributed by atoms with E-state index in [9.17, 15) is 0 Å². The Balaban J connectivity index is 2.46. The van der Waals surface area contributed by atoms with Crippen LogP contribution in [0.1, 0.15) is 18.1 Å². The molecule has 0 amide bonds. The highest BCUT2D eigenvalue weighted by molar-refractivity contribution is 5.64. The number of aromatic nitrogens is 1. The maximum Gasteiger partial charge on any atom is 0.101 e. The summed E-state index contributed by atoms with van der Waals surface area (Å²) in [7, 11) is 0. The SMILES string of the molecule is CCc1cccc(-c2cncc(C#N)c2)c1. The molecule has 0 saturated heterocycles. The van der Waals surface area contributed by atoms with Crippen molar-refractivity contribution in [1.82, 2.24) is 4.98 Å². The highest BCUT2D eigenvalue weighted by Gasteiger charge is 2.00. The first kappa shape index (κ1) is 10.4. The monoisotopic (exact) mass is 208 g/mol. The van der Waals surface area contributed by atoms with Crippen LogP contribution in [0.25, 0.3) is 11.1 Å². The van der Waals surface area contributed by atoms with Crippen LogP contribution >= 0.6 is 0 Å². The number of hydrogen-bond donors (Lipinski definition) is 0. The van der Waals surface area contributed by atoms with Crippen molar-refractivity contribution in [1.29, 1.82) is 5.26 Å². The molecule has 0 fully saturated rings. The summed E-state index contributed by atoms with van der Waals surface area (Å²) in [5.74, 6) is 0. The maximum absolute atomic E-state index is 8.82. The Morgan fingerprint density at radius 1 is 1.19 bits per heavy atom. The molecular weight excluding hydrogens is 196 g/mol. The number of rotatable bonds is 2. The summed E-state index contributed by atoms with van der Waals surface area (Å²) in [6.07, 6.45) is 4.38. The van der Waals surface area contributed by atoms with Gasteiger partial charge >= 0.3 is 0 Å². The van der Waals surface area contributed by atoms with Crippen LogP contribution in [-0.2, 0) is 6.42 Å². The van der Waals surface area contributed by atoms with Crippen molar-refractivity contribution in [3.63, 3.8) is 0 Å². The molecule has 0 saturated carbocycles. The molecule has 0 N–H and O–H groups in total. The summed E-state index contributed by atoms with van der Waals surface area (Å²) in [4.78, 5) is 4.06. The van der Waals surface area contributed by atoms with Gasteiger partial charge in [-0.3, -0.25) is 4.98 Å². The molecule has 0 aliphatic rings. The lowest BCUT2D eigenvalue weighted by atomic mass is 10.0. The average Bonchev–Trinajstić information content (AvgIpc) is 2.39. The van der Waals surface area contributed by atoms with Crippen LogP contribution in [0.2, 0.25) is 0 Å². The molecule has 0 aliphatic heterocycles. The first-order valence-corrected chi connectivity index (χ1v) is 5.28. The van der Waals surface area contributed by atoms with Crippen LogP contribution in [0.5, 0.6) is 0 Å². The summed E-state index contributed by atoms with van der Waals surface area (Å²) in [5.41, 5.74) is 4.00. The summed E-state index contributed by atoms with van der Waals surface area (Å²) in [6.45, 7) is 2.13. The molecule has 0 spiro atoms. The van der Waals surface area contributed by atoms with E-state index in [2.05, 4.69) is 30.1 Å². The van der Waals surface area contributed by atoms with E-state index in [1.54, 1.807) is 12.4 Å². The number of benzene rings is 1. The Bertz CT molecular complexity index is 538. The minimum absolute atomic E-state index is 0.597. The fraction of sp³-hybridized carbons (Fsp3) is 0.143. The fourth-order valence-electron chi connectivity index (χ4n) is 1.63. The highest BCUT2D eigenvalue weighted by atomic mass is 14.6. The molecule has 2 nitrogen and oxygen atoms in total. The smallest absolute Gasteiger partial charge is 0.101 e. The Morgan fingerprint density at radius 2 is 2.06 bits per heavy atom. The molecule has 0 bridgehead atoms. The van der Waals surface area contributed by atoms with Crippen molar-refractivity contribution in [2.24, 2.45) is 0 Å². The van der Waals surface area contributed by atoms with Crippen molar-refractivity contribution >= 4 is 0 Å². The van der Waals surface area contributed by atoms with Crippen LogP contribution in [-0.4, -0.2) is 4.98 Å². The minimum atomic E-state index is 0.597. The Hall–Kier alpha value is -2.14. The first-order chi connectivity index (χ1) is 7.83. The van der Waals surface area contributed by atoms with Gasteiger partial charge in [-0.25, -0.2) is 0 Å². The zero-order valence-corrected chi connectivity index (χ0v) is 9.14. The van der Waals surface area contributed by atoms with Gasteiger partial charge in [0.05, 0.1) is 5.56 Å². The summed E-state index contributed by atoms with van der Waals surface area (Å²) in [5, 5.41) is 8.82. The number of nitriles is 1. The molecule has 2 heteroatoms. The Morgan fingerprint density at radius 3 is 2.81 bits per heavy atom. The van der Waals surface area contributed by atoms with Crippen LogP contribution < -0.4 is 0 Å². The van der Waals surface area contributed by atoms with E-state index in [0.29, 0.717) is 5.56 Å².